The number of rotatable bonds is 12. The molecular weight excluding hydrogens is 505 g/mol. The predicted octanol–water partition coefficient (Wildman–Crippen LogP) is 5.83. The normalized spacial score (nSPS) is 10.9. The third-order valence-electron chi connectivity index (χ3n) is 5.10. The average molecular weight is 530 g/mol. The Hall–Kier alpha value is -2.78. The topological polar surface area (TPSA) is 74.1 Å². The molecular formula is C25H25Cl2N5O2S. The van der Waals surface area contributed by atoms with Gasteiger partial charge in [-0.15, -0.1) is 5.10 Å². The number of tetrazole rings is 1. The van der Waals surface area contributed by atoms with E-state index in [9.17, 15) is 0 Å². The molecule has 0 saturated heterocycles. The second-order valence-electron chi connectivity index (χ2n) is 7.60. The van der Waals surface area contributed by atoms with Crippen molar-refractivity contribution >= 4 is 35.0 Å². The second-order valence-corrected chi connectivity index (χ2v) is 9.51. The number of aromatic nitrogens is 4. The molecule has 0 radical (unpaired) electrons. The van der Waals surface area contributed by atoms with Gasteiger partial charge in [0, 0.05) is 28.4 Å². The van der Waals surface area contributed by atoms with Gasteiger partial charge in [-0.2, -0.15) is 4.68 Å². The summed E-state index contributed by atoms with van der Waals surface area (Å²) in [5.41, 5.74) is 2.86. The minimum Gasteiger partial charge on any atom is -0.493 e. The van der Waals surface area contributed by atoms with Gasteiger partial charge >= 0.3 is 0 Å². The van der Waals surface area contributed by atoms with Gasteiger partial charge in [0.05, 0.1) is 12.8 Å². The highest BCUT2D eigenvalue weighted by molar-refractivity contribution is 7.99. The van der Waals surface area contributed by atoms with Crippen molar-refractivity contribution in [1.29, 1.82) is 0 Å². The SMILES string of the molecule is COc1cc(CNCCCSc2nnnn2-c2ccccc2)c(Cl)cc1OCc1cccc(Cl)c1. The Morgan fingerprint density at radius 2 is 1.86 bits per heavy atom. The third kappa shape index (κ3) is 7.11. The van der Waals surface area contributed by atoms with Crippen LogP contribution < -0.4 is 14.8 Å². The highest BCUT2D eigenvalue weighted by Gasteiger charge is 2.12. The van der Waals surface area contributed by atoms with Crippen LogP contribution in [-0.4, -0.2) is 39.6 Å². The van der Waals surface area contributed by atoms with Gasteiger partial charge in [-0.3, -0.25) is 0 Å². The van der Waals surface area contributed by atoms with E-state index < -0.39 is 0 Å². The second kappa shape index (κ2) is 12.8. The minimum atomic E-state index is 0.371. The molecule has 4 aromatic rings. The number of nitrogens with one attached hydrogen (secondary N) is 1. The smallest absolute Gasteiger partial charge is 0.214 e. The van der Waals surface area contributed by atoms with Crippen molar-refractivity contribution in [3.05, 3.63) is 87.9 Å². The lowest BCUT2D eigenvalue weighted by molar-refractivity contribution is 0.284. The summed E-state index contributed by atoms with van der Waals surface area (Å²) in [6.07, 6.45) is 0.946. The zero-order valence-electron chi connectivity index (χ0n) is 19.2. The number of thioether (sulfide) groups is 1. The fourth-order valence-corrected chi connectivity index (χ4v) is 4.62. The van der Waals surface area contributed by atoms with Crippen LogP contribution in [0.1, 0.15) is 17.5 Å². The molecule has 1 heterocycles. The lowest BCUT2D eigenvalue weighted by Crippen LogP contribution is -2.16. The van der Waals surface area contributed by atoms with Gasteiger partial charge in [0.1, 0.15) is 6.61 Å². The van der Waals surface area contributed by atoms with Crippen molar-refractivity contribution in [2.24, 2.45) is 0 Å². The summed E-state index contributed by atoms with van der Waals surface area (Å²) in [5, 5.41) is 17.5. The lowest BCUT2D eigenvalue weighted by Gasteiger charge is -2.14. The molecule has 0 amide bonds. The van der Waals surface area contributed by atoms with Crippen LogP contribution in [0.5, 0.6) is 11.5 Å². The molecule has 0 unspecified atom stereocenters. The van der Waals surface area contributed by atoms with Crippen LogP contribution >= 0.6 is 35.0 Å². The lowest BCUT2D eigenvalue weighted by atomic mass is 10.2. The van der Waals surface area contributed by atoms with Crippen LogP contribution in [0.25, 0.3) is 5.69 Å². The van der Waals surface area contributed by atoms with Gasteiger partial charge in [0.25, 0.3) is 0 Å². The predicted molar refractivity (Wildman–Crippen MR) is 140 cm³/mol. The van der Waals surface area contributed by atoms with E-state index in [2.05, 4.69) is 20.8 Å². The largest absolute Gasteiger partial charge is 0.493 e. The summed E-state index contributed by atoms with van der Waals surface area (Å²) in [6, 6.07) is 21.1. The number of hydrogen-bond donors (Lipinski definition) is 1. The van der Waals surface area contributed by atoms with E-state index in [0.717, 1.165) is 40.7 Å². The molecule has 4 rings (SSSR count). The summed E-state index contributed by atoms with van der Waals surface area (Å²) in [7, 11) is 1.62. The molecule has 10 heteroatoms. The van der Waals surface area contributed by atoms with Crippen molar-refractivity contribution in [1.82, 2.24) is 25.5 Å². The maximum Gasteiger partial charge on any atom is 0.214 e. The first-order valence-electron chi connectivity index (χ1n) is 11.0. The van der Waals surface area contributed by atoms with E-state index in [-0.39, 0.29) is 0 Å². The van der Waals surface area contributed by atoms with Gasteiger partial charge < -0.3 is 14.8 Å². The molecule has 3 aromatic carbocycles. The first-order valence-corrected chi connectivity index (χ1v) is 12.8. The van der Waals surface area contributed by atoms with Gasteiger partial charge in [-0.1, -0.05) is 65.3 Å². The van der Waals surface area contributed by atoms with Crippen molar-refractivity contribution < 1.29 is 9.47 Å². The van der Waals surface area contributed by atoms with Crippen LogP contribution in [0.15, 0.2) is 71.9 Å². The van der Waals surface area contributed by atoms with Crippen molar-refractivity contribution in [3.63, 3.8) is 0 Å². The molecule has 35 heavy (non-hydrogen) atoms. The summed E-state index contributed by atoms with van der Waals surface area (Å²) in [5.74, 6) is 2.11. The first kappa shape index (κ1) is 25.3. The summed E-state index contributed by atoms with van der Waals surface area (Å²) in [4.78, 5) is 0. The minimum absolute atomic E-state index is 0.371. The van der Waals surface area contributed by atoms with E-state index in [1.807, 2.05) is 60.7 Å². The molecule has 0 aliphatic rings. The molecule has 0 aliphatic carbocycles. The first-order chi connectivity index (χ1) is 17.1. The number of para-hydroxylation sites is 1. The molecule has 0 aliphatic heterocycles. The van der Waals surface area contributed by atoms with Crippen molar-refractivity contribution in [3.8, 4) is 17.2 Å². The molecule has 7 nitrogen and oxygen atoms in total. The number of hydrogen-bond acceptors (Lipinski definition) is 7. The molecule has 1 aromatic heterocycles. The third-order valence-corrected chi connectivity index (χ3v) is 6.69. The Morgan fingerprint density at radius 3 is 2.66 bits per heavy atom. The zero-order chi connectivity index (χ0) is 24.5. The molecule has 0 saturated carbocycles. The maximum absolute atomic E-state index is 6.52. The Bertz CT molecular complexity index is 1240. The van der Waals surface area contributed by atoms with Crippen LogP contribution in [0, 0.1) is 0 Å². The molecule has 0 bridgehead atoms. The van der Waals surface area contributed by atoms with E-state index in [4.69, 9.17) is 32.7 Å². The van der Waals surface area contributed by atoms with Gasteiger partial charge in [-0.25, -0.2) is 0 Å². The van der Waals surface area contributed by atoms with E-state index in [1.165, 1.54) is 0 Å². The quantitative estimate of drug-likeness (QED) is 0.183. The van der Waals surface area contributed by atoms with Crippen LogP contribution in [0.3, 0.4) is 0 Å². The highest BCUT2D eigenvalue weighted by atomic mass is 35.5. The standard InChI is InChI=1S/C25H25Cl2N5O2S/c1-33-23-14-19(22(27)15-24(23)34-17-18-7-5-8-20(26)13-18)16-28-11-6-12-35-25-29-30-31-32(25)21-9-3-2-4-10-21/h2-5,7-10,13-15,28H,6,11-12,16-17H2,1H3. The fraction of sp³-hybridized carbons (Fsp3) is 0.240. The monoisotopic (exact) mass is 529 g/mol. The number of methoxy groups -OCH3 is 1. The Labute approximate surface area is 218 Å². The average Bonchev–Trinajstić information content (AvgIpc) is 3.35. The summed E-state index contributed by atoms with van der Waals surface area (Å²) >= 11 is 14.2. The number of halogens is 2. The molecule has 182 valence electrons. The van der Waals surface area contributed by atoms with Crippen LogP contribution in [0.2, 0.25) is 10.0 Å². The molecule has 0 spiro atoms. The van der Waals surface area contributed by atoms with Crippen molar-refractivity contribution in [2.75, 3.05) is 19.4 Å². The number of benzene rings is 3. The summed E-state index contributed by atoms with van der Waals surface area (Å²) < 4.78 is 13.2. The van der Waals surface area contributed by atoms with E-state index in [1.54, 1.807) is 29.6 Å². The molecule has 0 fully saturated rings. The molecule has 0 atom stereocenters. The Morgan fingerprint density at radius 1 is 1.00 bits per heavy atom. The van der Waals surface area contributed by atoms with Crippen LogP contribution in [0.4, 0.5) is 0 Å². The van der Waals surface area contributed by atoms with Crippen LogP contribution in [-0.2, 0) is 13.2 Å². The number of nitrogens with zero attached hydrogens (tertiary/aromatic N) is 4. The van der Waals surface area contributed by atoms with Crippen molar-refractivity contribution in [2.45, 2.75) is 24.7 Å². The van der Waals surface area contributed by atoms with Gasteiger partial charge in [0.15, 0.2) is 11.5 Å². The van der Waals surface area contributed by atoms with E-state index >= 15 is 0 Å². The zero-order valence-corrected chi connectivity index (χ0v) is 21.5. The number of ether oxygens (including phenoxy) is 2. The highest BCUT2D eigenvalue weighted by Crippen LogP contribution is 2.34. The van der Waals surface area contributed by atoms with E-state index in [0.29, 0.717) is 34.7 Å². The Kier molecular flexibility index (Phi) is 9.25. The maximum atomic E-state index is 6.52. The summed E-state index contributed by atoms with van der Waals surface area (Å²) in [6.45, 7) is 1.82. The van der Waals surface area contributed by atoms with Gasteiger partial charge in [-0.05, 0) is 64.9 Å². The molecule has 1 N–H and O–H groups in total. The Balaban J connectivity index is 1.24. The van der Waals surface area contributed by atoms with Gasteiger partial charge in [0.2, 0.25) is 5.16 Å². The fourth-order valence-electron chi connectivity index (χ4n) is 3.36.